The molecule has 0 fully saturated rings. The van der Waals surface area contributed by atoms with Crippen LogP contribution in [0, 0.1) is 5.92 Å². The first-order valence-corrected chi connectivity index (χ1v) is 7.21. The Balaban J connectivity index is 2.17. The van der Waals surface area contributed by atoms with Crippen molar-refractivity contribution >= 4 is 28.8 Å². The molecule has 2 rings (SSSR count). The molecule has 0 spiro atoms. The van der Waals surface area contributed by atoms with Gasteiger partial charge in [-0.15, -0.1) is 0 Å². The van der Waals surface area contributed by atoms with Gasteiger partial charge in [0.15, 0.2) is 0 Å². The fourth-order valence-electron chi connectivity index (χ4n) is 1.98. The van der Waals surface area contributed by atoms with Crippen LogP contribution in [0.5, 0.6) is 0 Å². The van der Waals surface area contributed by atoms with Crippen molar-refractivity contribution in [3.05, 3.63) is 65.7 Å². The van der Waals surface area contributed by atoms with Gasteiger partial charge in [-0.3, -0.25) is 4.79 Å². The van der Waals surface area contributed by atoms with E-state index in [2.05, 4.69) is 17.4 Å². The van der Waals surface area contributed by atoms with Gasteiger partial charge in [0, 0.05) is 5.69 Å². The normalized spacial score (nSPS) is 11.7. The maximum Gasteiger partial charge on any atom is 0.234 e. The van der Waals surface area contributed by atoms with Crippen LogP contribution in [0.3, 0.4) is 0 Å². The number of para-hydroxylation sites is 1. The molecule has 2 aromatic rings. The number of nitrogens with two attached hydrogens (primary N) is 1. The number of benzene rings is 2. The average Bonchev–Trinajstić information content (AvgIpc) is 2.49. The fraction of sp³-hybridized carbons (Fsp3) is 0.176. The quantitative estimate of drug-likeness (QED) is 0.834. The summed E-state index contributed by atoms with van der Waals surface area (Å²) in [5.74, 6) is -0.659. The maximum atomic E-state index is 12.1. The molecule has 21 heavy (non-hydrogen) atoms. The summed E-state index contributed by atoms with van der Waals surface area (Å²) in [6.07, 6.45) is 0.763. The Morgan fingerprint density at radius 2 is 1.76 bits per heavy atom. The van der Waals surface area contributed by atoms with E-state index >= 15 is 0 Å². The molecule has 3 N–H and O–H groups in total. The lowest BCUT2D eigenvalue weighted by Crippen LogP contribution is -2.31. The number of hydrogen-bond donors (Lipinski definition) is 2. The minimum absolute atomic E-state index is 0.178. The second-order valence-electron chi connectivity index (χ2n) is 4.93. The molecule has 1 amide bonds. The lowest BCUT2D eigenvalue weighted by molar-refractivity contribution is -0.117. The molecule has 0 aliphatic carbocycles. The molecule has 1 atom stereocenters. The standard InChI is InChI=1S/C17H18N2OS/c1-12(16(18)21)17(20)19-15-10-6-5-9-14(15)11-13-7-3-2-4-8-13/h2-10,12H,11H2,1H3,(H2,18,21)(H,19,20). The van der Waals surface area contributed by atoms with E-state index in [1.54, 1.807) is 6.92 Å². The molecule has 4 heteroatoms. The van der Waals surface area contributed by atoms with Gasteiger partial charge >= 0.3 is 0 Å². The third-order valence-electron chi connectivity index (χ3n) is 3.33. The van der Waals surface area contributed by atoms with Gasteiger partial charge in [-0.1, -0.05) is 60.7 Å². The monoisotopic (exact) mass is 298 g/mol. The molecule has 3 nitrogen and oxygen atoms in total. The zero-order valence-corrected chi connectivity index (χ0v) is 12.7. The summed E-state index contributed by atoms with van der Waals surface area (Å²) in [5, 5.41) is 2.91. The number of hydrogen-bond acceptors (Lipinski definition) is 2. The van der Waals surface area contributed by atoms with E-state index in [4.69, 9.17) is 18.0 Å². The van der Waals surface area contributed by atoms with Crippen molar-refractivity contribution in [1.29, 1.82) is 0 Å². The highest BCUT2D eigenvalue weighted by Crippen LogP contribution is 2.19. The van der Waals surface area contributed by atoms with Gasteiger partial charge in [0.25, 0.3) is 0 Å². The van der Waals surface area contributed by atoms with Gasteiger partial charge in [-0.25, -0.2) is 0 Å². The fourth-order valence-corrected chi connectivity index (χ4v) is 2.09. The van der Waals surface area contributed by atoms with Crippen molar-refractivity contribution in [2.75, 3.05) is 5.32 Å². The Kier molecular flexibility index (Phi) is 5.06. The van der Waals surface area contributed by atoms with E-state index < -0.39 is 5.92 Å². The number of thiocarbonyl (C=S) groups is 1. The number of carbonyl (C=O) groups is 1. The topological polar surface area (TPSA) is 55.1 Å². The number of nitrogens with one attached hydrogen (secondary N) is 1. The van der Waals surface area contributed by atoms with Gasteiger partial charge in [-0.2, -0.15) is 0 Å². The first-order valence-electron chi connectivity index (χ1n) is 6.80. The maximum absolute atomic E-state index is 12.1. The Morgan fingerprint density at radius 3 is 2.43 bits per heavy atom. The molecule has 0 aromatic heterocycles. The lowest BCUT2D eigenvalue weighted by atomic mass is 10.0. The number of amides is 1. The van der Waals surface area contributed by atoms with Crippen molar-refractivity contribution in [1.82, 2.24) is 0 Å². The highest BCUT2D eigenvalue weighted by molar-refractivity contribution is 7.80. The minimum atomic E-state index is -0.482. The van der Waals surface area contributed by atoms with Crippen molar-refractivity contribution in [2.24, 2.45) is 11.7 Å². The van der Waals surface area contributed by atoms with E-state index in [0.29, 0.717) is 0 Å². The van der Waals surface area contributed by atoms with Gasteiger partial charge in [0.2, 0.25) is 5.91 Å². The Morgan fingerprint density at radius 1 is 1.14 bits per heavy atom. The van der Waals surface area contributed by atoms with E-state index in [1.807, 2.05) is 42.5 Å². The van der Waals surface area contributed by atoms with Crippen LogP contribution in [0.1, 0.15) is 18.1 Å². The molecule has 0 heterocycles. The smallest absolute Gasteiger partial charge is 0.234 e. The number of rotatable bonds is 5. The summed E-state index contributed by atoms with van der Waals surface area (Å²) in [6, 6.07) is 17.9. The van der Waals surface area contributed by atoms with Crippen molar-refractivity contribution in [3.63, 3.8) is 0 Å². The third-order valence-corrected chi connectivity index (χ3v) is 3.69. The van der Waals surface area contributed by atoms with E-state index in [9.17, 15) is 4.79 Å². The summed E-state index contributed by atoms with van der Waals surface area (Å²) in [7, 11) is 0. The zero-order valence-electron chi connectivity index (χ0n) is 11.9. The molecular formula is C17H18N2OS. The average molecular weight is 298 g/mol. The summed E-state index contributed by atoms with van der Waals surface area (Å²) < 4.78 is 0. The van der Waals surface area contributed by atoms with Crippen molar-refractivity contribution in [2.45, 2.75) is 13.3 Å². The molecule has 1 unspecified atom stereocenters. The van der Waals surface area contributed by atoms with Crippen LogP contribution >= 0.6 is 12.2 Å². The third kappa shape index (κ3) is 4.13. The largest absolute Gasteiger partial charge is 0.393 e. The molecule has 108 valence electrons. The van der Waals surface area contributed by atoms with Crippen LogP contribution in [0.15, 0.2) is 54.6 Å². The van der Waals surface area contributed by atoms with E-state index in [0.717, 1.165) is 17.7 Å². The molecule has 0 bridgehead atoms. The van der Waals surface area contributed by atoms with E-state index in [-0.39, 0.29) is 10.9 Å². The van der Waals surface area contributed by atoms with Crippen LogP contribution in [-0.2, 0) is 11.2 Å². The zero-order chi connectivity index (χ0) is 15.2. The molecular weight excluding hydrogens is 280 g/mol. The SMILES string of the molecule is CC(C(=O)Nc1ccccc1Cc1ccccc1)C(N)=S. The molecule has 0 radical (unpaired) electrons. The highest BCUT2D eigenvalue weighted by atomic mass is 32.1. The van der Waals surface area contributed by atoms with Crippen LogP contribution < -0.4 is 11.1 Å². The molecule has 0 aliphatic heterocycles. The number of carbonyl (C=O) groups excluding carboxylic acids is 1. The summed E-state index contributed by atoms with van der Waals surface area (Å²) in [5.41, 5.74) is 8.58. The van der Waals surface area contributed by atoms with Crippen LogP contribution in [0.4, 0.5) is 5.69 Å². The van der Waals surface area contributed by atoms with Gasteiger partial charge in [0.05, 0.1) is 10.9 Å². The summed E-state index contributed by atoms with van der Waals surface area (Å²) in [4.78, 5) is 12.3. The van der Waals surface area contributed by atoms with Crippen LogP contribution in [0.25, 0.3) is 0 Å². The van der Waals surface area contributed by atoms with Gasteiger partial charge in [-0.05, 0) is 30.5 Å². The predicted octanol–water partition coefficient (Wildman–Crippen LogP) is 3.14. The Labute approximate surface area is 130 Å². The van der Waals surface area contributed by atoms with Crippen molar-refractivity contribution in [3.8, 4) is 0 Å². The first kappa shape index (κ1) is 15.2. The molecule has 2 aromatic carbocycles. The predicted molar refractivity (Wildman–Crippen MR) is 90.3 cm³/mol. The lowest BCUT2D eigenvalue weighted by Gasteiger charge is -2.14. The van der Waals surface area contributed by atoms with Crippen LogP contribution in [0.2, 0.25) is 0 Å². The summed E-state index contributed by atoms with van der Waals surface area (Å²) in [6.45, 7) is 1.71. The van der Waals surface area contributed by atoms with Gasteiger partial charge < -0.3 is 11.1 Å². The first-order chi connectivity index (χ1) is 10.1. The van der Waals surface area contributed by atoms with Gasteiger partial charge in [0.1, 0.15) is 0 Å². The molecule has 0 saturated heterocycles. The second-order valence-corrected chi connectivity index (χ2v) is 5.40. The highest BCUT2D eigenvalue weighted by Gasteiger charge is 2.16. The second kappa shape index (κ2) is 6.99. The van der Waals surface area contributed by atoms with Crippen LogP contribution in [-0.4, -0.2) is 10.9 Å². The Bertz CT molecular complexity index is 640. The summed E-state index contributed by atoms with van der Waals surface area (Å²) >= 11 is 4.87. The van der Waals surface area contributed by atoms with Crippen molar-refractivity contribution < 1.29 is 4.79 Å². The minimum Gasteiger partial charge on any atom is -0.393 e. The Hall–Kier alpha value is -2.20. The number of anilines is 1. The molecule has 0 aliphatic rings. The molecule has 0 saturated carbocycles. The van der Waals surface area contributed by atoms with E-state index in [1.165, 1.54) is 5.56 Å².